The first-order valence-electron chi connectivity index (χ1n) is 6.66. The van der Waals surface area contributed by atoms with Crippen LogP contribution < -0.4 is 4.90 Å². The highest BCUT2D eigenvalue weighted by molar-refractivity contribution is 5.74. The summed E-state index contributed by atoms with van der Waals surface area (Å²) in [5, 5.41) is 0. The van der Waals surface area contributed by atoms with E-state index in [1.54, 1.807) is 6.26 Å². The van der Waals surface area contributed by atoms with E-state index in [0.29, 0.717) is 19.2 Å². The zero-order chi connectivity index (χ0) is 13.4. The van der Waals surface area contributed by atoms with E-state index < -0.39 is 0 Å². The third kappa shape index (κ3) is 1.96. The van der Waals surface area contributed by atoms with Crippen molar-refractivity contribution in [2.75, 3.05) is 24.6 Å². The molecule has 1 aromatic carbocycles. The molecule has 1 unspecified atom stereocenters. The number of benzene rings is 1. The maximum atomic E-state index is 5.80. The van der Waals surface area contributed by atoms with E-state index in [1.165, 1.54) is 0 Å². The first-order chi connectivity index (χ1) is 9.90. The molecule has 4 rings (SSSR count). The van der Waals surface area contributed by atoms with Gasteiger partial charge in [0, 0.05) is 6.54 Å². The number of anilines is 1. The molecule has 0 N–H and O–H groups in total. The maximum absolute atomic E-state index is 5.80. The van der Waals surface area contributed by atoms with Gasteiger partial charge in [-0.25, -0.2) is 0 Å². The van der Waals surface area contributed by atoms with Crippen LogP contribution in [0.1, 0.15) is 11.9 Å². The average molecular weight is 270 g/mol. The van der Waals surface area contributed by atoms with E-state index >= 15 is 0 Å². The number of oxazole rings is 1. The van der Waals surface area contributed by atoms with Crippen molar-refractivity contribution < 1.29 is 13.6 Å². The van der Waals surface area contributed by atoms with Gasteiger partial charge in [0.25, 0.3) is 6.01 Å². The molecule has 0 saturated carbocycles. The molecule has 5 nitrogen and oxygen atoms in total. The Labute approximate surface area is 115 Å². The predicted molar refractivity (Wildman–Crippen MR) is 73.6 cm³/mol. The molecule has 0 spiro atoms. The lowest BCUT2D eigenvalue weighted by molar-refractivity contribution is 0.0242. The van der Waals surface area contributed by atoms with E-state index in [0.717, 1.165) is 23.4 Å². The fourth-order valence-electron chi connectivity index (χ4n) is 2.46. The standard InChI is InChI=1S/C15H14N2O3/c1-2-5-12-11(4-1)16-15(20-12)17-7-9-19-14(10-17)13-6-3-8-18-13/h1-6,8,14H,7,9-10H2. The van der Waals surface area contributed by atoms with Crippen molar-refractivity contribution in [1.82, 2.24) is 4.98 Å². The zero-order valence-corrected chi connectivity index (χ0v) is 10.9. The molecule has 20 heavy (non-hydrogen) atoms. The highest BCUT2D eigenvalue weighted by Gasteiger charge is 2.26. The van der Waals surface area contributed by atoms with Gasteiger partial charge in [0.2, 0.25) is 0 Å². The quantitative estimate of drug-likeness (QED) is 0.716. The third-order valence-corrected chi connectivity index (χ3v) is 3.48. The van der Waals surface area contributed by atoms with Gasteiger partial charge in [0.05, 0.1) is 19.4 Å². The molecule has 1 aliphatic rings. The summed E-state index contributed by atoms with van der Waals surface area (Å²) in [6, 6.07) is 12.2. The summed E-state index contributed by atoms with van der Waals surface area (Å²) < 4.78 is 17.0. The lowest BCUT2D eigenvalue weighted by atomic mass is 10.2. The summed E-state index contributed by atoms with van der Waals surface area (Å²) in [6.07, 6.45) is 1.59. The van der Waals surface area contributed by atoms with Gasteiger partial charge in [-0.05, 0) is 24.3 Å². The molecule has 1 atom stereocenters. The van der Waals surface area contributed by atoms with Gasteiger partial charge in [-0.3, -0.25) is 0 Å². The van der Waals surface area contributed by atoms with Gasteiger partial charge in [0.15, 0.2) is 5.58 Å². The molecular weight excluding hydrogens is 256 g/mol. The van der Waals surface area contributed by atoms with Crippen molar-refractivity contribution in [2.24, 2.45) is 0 Å². The lowest BCUT2D eigenvalue weighted by Gasteiger charge is -2.30. The molecule has 5 heteroatoms. The van der Waals surface area contributed by atoms with Gasteiger partial charge in [-0.1, -0.05) is 12.1 Å². The van der Waals surface area contributed by atoms with E-state index in [4.69, 9.17) is 13.6 Å². The van der Waals surface area contributed by atoms with E-state index in [2.05, 4.69) is 9.88 Å². The Morgan fingerprint density at radius 1 is 1.15 bits per heavy atom. The second-order valence-corrected chi connectivity index (χ2v) is 4.79. The summed E-state index contributed by atoms with van der Waals surface area (Å²) in [7, 11) is 0. The molecule has 0 aliphatic carbocycles. The third-order valence-electron chi connectivity index (χ3n) is 3.48. The number of hydrogen-bond acceptors (Lipinski definition) is 5. The smallest absolute Gasteiger partial charge is 0.298 e. The van der Waals surface area contributed by atoms with Crippen molar-refractivity contribution in [3.63, 3.8) is 0 Å². The molecule has 3 heterocycles. The van der Waals surface area contributed by atoms with Gasteiger partial charge in [-0.2, -0.15) is 4.98 Å². The number of hydrogen-bond donors (Lipinski definition) is 0. The van der Waals surface area contributed by atoms with Crippen molar-refractivity contribution in [3.05, 3.63) is 48.4 Å². The minimum absolute atomic E-state index is 0.0752. The summed E-state index contributed by atoms with van der Waals surface area (Å²) >= 11 is 0. The minimum Gasteiger partial charge on any atom is -0.467 e. The van der Waals surface area contributed by atoms with E-state index in [1.807, 2.05) is 36.4 Å². The van der Waals surface area contributed by atoms with Crippen LogP contribution in [0.4, 0.5) is 6.01 Å². The Bertz CT molecular complexity index is 672. The van der Waals surface area contributed by atoms with Crippen molar-refractivity contribution in [1.29, 1.82) is 0 Å². The molecule has 0 amide bonds. The molecule has 2 aromatic heterocycles. The molecule has 1 saturated heterocycles. The fraction of sp³-hybridized carbons (Fsp3) is 0.267. The van der Waals surface area contributed by atoms with Crippen LogP contribution in [0.3, 0.4) is 0 Å². The van der Waals surface area contributed by atoms with Crippen LogP contribution in [-0.2, 0) is 4.74 Å². The molecule has 3 aromatic rings. The Kier molecular flexibility index (Phi) is 2.70. The number of morpholine rings is 1. The monoisotopic (exact) mass is 270 g/mol. The van der Waals surface area contributed by atoms with Gasteiger partial charge >= 0.3 is 0 Å². The second-order valence-electron chi connectivity index (χ2n) is 4.79. The van der Waals surface area contributed by atoms with Crippen molar-refractivity contribution in [2.45, 2.75) is 6.10 Å². The molecule has 0 radical (unpaired) electrons. The van der Waals surface area contributed by atoms with Crippen molar-refractivity contribution >= 4 is 17.1 Å². The number of furan rings is 1. The van der Waals surface area contributed by atoms with Crippen LogP contribution >= 0.6 is 0 Å². The van der Waals surface area contributed by atoms with Crippen LogP contribution in [0, 0.1) is 0 Å². The van der Waals surface area contributed by atoms with Crippen molar-refractivity contribution in [3.8, 4) is 0 Å². The number of para-hydroxylation sites is 2. The molecular formula is C15H14N2O3. The highest BCUT2D eigenvalue weighted by Crippen LogP contribution is 2.28. The van der Waals surface area contributed by atoms with Crippen LogP contribution in [0.15, 0.2) is 51.5 Å². The summed E-state index contributed by atoms with van der Waals surface area (Å²) in [6.45, 7) is 2.08. The second kappa shape index (κ2) is 4.68. The minimum atomic E-state index is -0.0752. The first kappa shape index (κ1) is 11.5. The van der Waals surface area contributed by atoms with Crippen LogP contribution in [0.2, 0.25) is 0 Å². The largest absolute Gasteiger partial charge is 0.467 e. The SMILES string of the molecule is c1coc(C2CN(c3nc4ccccc4o3)CCO2)c1. The molecule has 102 valence electrons. The maximum Gasteiger partial charge on any atom is 0.298 e. The zero-order valence-electron chi connectivity index (χ0n) is 10.9. The number of ether oxygens (including phenoxy) is 1. The number of rotatable bonds is 2. The first-order valence-corrected chi connectivity index (χ1v) is 6.66. The highest BCUT2D eigenvalue weighted by atomic mass is 16.5. The number of aromatic nitrogens is 1. The van der Waals surface area contributed by atoms with Crippen LogP contribution in [0.5, 0.6) is 0 Å². The van der Waals surface area contributed by atoms with E-state index in [9.17, 15) is 0 Å². The normalized spacial score (nSPS) is 19.6. The Balaban J connectivity index is 1.61. The molecule has 1 fully saturated rings. The van der Waals surface area contributed by atoms with Gasteiger partial charge < -0.3 is 18.5 Å². The van der Waals surface area contributed by atoms with E-state index in [-0.39, 0.29) is 6.10 Å². The fourth-order valence-corrected chi connectivity index (χ4v) is 2.46. The predicted octanol–water partition coefficient (Wildman–Crippen LogP) is 3.00. The average Bonchev–Trinajstić information content (AvgIpc) is 3.16. The Morgan fingerprint density at radius 2 is 2.10 bits per heavy atom. The van der Waals surface area contributed by atoms with Gasteiger partial charge in [0.1, 0.15) is 17.4 Å². The van der Waals surface area contributed by atoms with Crippen LogP contribution in [-0.4, -0.2) is 24.7 Å². The summed E-state index contributed by atoms with van der Waals surface area (Å²) in [5.74, 6) is 0.839. The lowest BCUT2D eigenvalue weighted by Crippen LogP contribution is -2.38. The topological polar surface area (TPSA) is 51.6 Å². The number of nitrogens with zero attached hydrogens (tertiary/aromatic N) is 2. The Hall–Kier alpha value is -2.27. The summed E-state index contributed by atoms with van der Waals surface area (Å²) in [4.78, 5) is 6.62. The molecule has 1 aliphatic heterocycles. The van der Waals surface area contributed by atoms with Gasteiger partial charge in [-0.15, -0.1) is 0 Å². The number of fused-ring (bicyclic) bond motifs is 1. The summed E-state index contributed by atoms with van der Waals surface area (Å²) in [5.41, 5.74) is 1.69. The van der Waals surface area contributed by atoms with Crippen LogP contribution in [0.25, 0.3) is 11.1 Å². The molecule has 0 bridgehead atoms. The Morgan fingerprint density at radius 3 is 2.95 bits per heavy atom.